The Hall–Kier alpha value is -0.990. The minimum absolute atomic E-state index is 0.0781. The average molecular weight is 143 g/mol. The summed E-state index contributed by atoms with van der Waals surface area (Å²) in [4.78, 5) is 10.2. The van der Waals surface area contributed by atoms with Gasteiger partial charge in [-0.2, -0.15) is 0 Å². The molecule has 0 spiro atoms. The van der Waals surface area contributed by atoms with E-state index >= 15 is 0 Å². The van der Waals surface area contributed by atoms with Crippen LogP contribution in [-0.2, 0) is 4.79 Å². The van der Waals surface area contributed by atoms with E-state index in [1.54, 1.807) is 0 Å². The summed E-state index contributed by atoms with van der Waals surface area (Å²) in [6, 6.07) is 0. The number of amides is 1. The van der Waals surface area contributed by atoms with Crippen molar-refractivity contribution in [2.75, 3.05) is 0 Å². The number of carbonyl (C=O) groups excluding carboxylic acids is 1. The van der Waals surface area contributed by atoms with Crippen LogP contribution in [0, 0.1) is 0 Å². The minimum atomic E-state index is -0.589. The molecule has 0 aliphatic heterocycles. The van der Waals surface area contributed by atoms with Gasteiger partial charge in [0.25, 0.3) is 0 Å². The van der Waals surface area contributed by atoms with Crippen LogP contribution in [0.3, 0.4) is 0 Å². The average Bonchev–Trinajstić information content (AvgIpc) is 1.82. The predicted octanol–water partition coefficient (Wildman–Crippen LogP) is 1.10. The van der Waals surface area contributed by atoms with E-state index in [4.69, 9.17) is 10.8 Å². The van der Waals surface area contributed by atoms with E-state index in [1.807, 2.05) is 6.92 Å². The first-order valence-electron chi connectivity index (χ1n) is 3.35. The lowest BCUT2D eigenvalue weighted by Crippen LogP contribution is -2.07. The Labute approximate surface area is 60.5 Å². The van der Waals surface area contributed by atoms with Crippen molar-refractivity contribution in [3.05, 3.63) is 11.8 Å². The summed E-state index contributed by atoms with van der Waals surface area (Å²) in [6.07, 6.45) is 3.47. The van der Waals surface area contributed by atoms with Gasteiger partial charge in [-0.3, -0.25) is 4.79 Å². The number of rotatable bonds is 4. The van der Waals surface area contributed by atoms with Crippen molar-refractivity contribution in [3.63, 3.8) is 0 Å². The van der Waals surface area contributed by atoms with Crippen LogP contribution >= 0.6 is 0 Å². The third kappa shape index (κ3) is 5.15. The molecule has 0 fully saturated rings. The van der Waals surface area contributed by atoms with Gasteiger partial charge in [-0.15, -0.1) is 0 Å². The van der Waals surface area contributed by atoms with E-state index in [0.717, 1.165) is 18.9 Å². The summed E-state index contributed by atoms with van der Waals surface area (Å²) >= 11 is 0. The molecule has 0 rings (SSSR count). The molecule has 0 unspecified atom stereocenters. The fraction of sp³-hybridized carbons (Fsp3) is 0.571. The van der Waals surface area contributed by atoms with Crippen LogP contribution in [0.5, 0.6) is 0 Å². The lowest BCUT2D eigenvalue weighted by Gasteiger charge is -1.94. The normalized spacial score (nSPS) is 11.5. The lowest BCUT2D eigenvalue weighted by atomic mass is 10.2. The summed E-state index contributed by atoms with van der Waals surface area (Å²) in [5, 5.41) is 8.91. The number of hydrogen-bond acceptors (Lipinski definition) is 2. The van der Waals surface area contributed by atoms with Crippen LogP contribution in [0.1, 0.15) is 26.2 Å². The number of primary amides is 1. The predicted molar refractivity (Wildman–Crippen MR) is 39.4 cm³/mol. The molecular formula is C7H13NO2. The van der Waals surface area contributed by atoms with Gasteiger partial charge in [-0.25, -0.2) is 0 Å². The van der Waals surface area contributed by atoms with Crippen molar-refractivity contribution >= 4 is 5.91 Å². The molecule has 3 heteroatoms. The highest BCUT2D eigenvalue weighted by molar-refractivity contribution is 5.86. The van der Waals surface area contributed by atoms with Crippen molar-refractivity contribution < 1.29 is 9.90 Å². The number of aliphatic hydroxyl groups is 1. The highest BCUT2D eigenvalue weighted by atomic mass is 16.3. The Kier molecular flexibility index (Phi) is 4.37. The second kappa shape index (κ2) is 4.85. The fourth-order valence-corrected chi connectivity index (χ4v) is 0.594. The number of hydrogen-bond donors (Lipinski definition) is 2. The van der Waals surface area contributed by atoms with Gasteiger partial charge in [0, 0.05) is 12.5 Å². The van der Waals surface area contributed by atoms with Gasteiger partial charge >= 0.3 is 0 Å². The zero-order valence-corrected chi connectivity index (χ0v) is 6.13. The Morgan fingerprint density at radius 1 is 1.70 bits per heavy atom. The molecule has 0 aliphatic rings. The molecule has 0 aromatic carbocycles. The number of carbonyl (C=O) groups is 1. The molecular weight excluding hydrogens is 130 g/mol. The van der Waals surface area contributed by atoms with Crippen LogP contribution in [0.4, 0.5) is 0 Å². The van der Waals surface area contributed by atoms with Crippen LogP contribution < -0.4 is 5.73 Å². The van der Waals surface area contributed by atoms with Crippen molar-refractivity contribution in [1.29, 1.82) is 0 Å². The molecule has 0 saturated heterocycles. The van der Waals surface area contributed by atoms with E-state index in [2.05, 4.69) is 0 Å². The number of unbranched alkanes of at least 4 members (excludes halogenated alkanes) is 1. The number of allylic oxidation sites excluding steroid dienone is 1. The van der Waals surface area contributed by atoms with Gasteiger partial charge < -0.3 is 10.8 Å². The molecule has 58 valence electrons. The molecule has 10 heavy (non-hydrogen) atoms. The third-order valence-electron chi connectivity index (χ3n) is 1.10. The second-order valence-electron chi connectivity index (χ2n) is 2.14. The van der Waals surface area contributed by atoms with Crippen molar-refractivity contribution in [2.24, 2.45) is 5.73 Å². The van der Waals surface area contributed by atoms with Gasteiger partial charge in [-0.05, 0) is 6.42 Å². The monoisotopic (exact) mass is 143 g/mol. The molecule has 0 saturated carbocycles. The standard InChI is InChI=1S/C7H13NO2/c1-2-3-4-6(9)5-7(8)10/h5,9H,2-4H2,1H3,(H2,8,10). The van der Waals surface area contributed by atoms with Gasteiger partial charge in [0.1, 0.15) is 0 Å². The molecule has 0 atom stereocenters. The topological polar surface area (TPSA) is 63.3 Å². The molecule has 1 amide bonds. The van der Waals surface area contributed by atoms with Gasteiger partial charge in [0.05, 0.1) is 5.76 Å². The molecule has 3 N–H and O–H groups in total. The van der Waals surface area contributed by atoms with Crippen molar-refractivity contribution in [2.45, 2.75) is 26.2 Å². The van der Waals surface area contributed by atoms with Crippen molar-refractivity contribution in [3.8, 4) is 0 Å². The highest BCUT2D eigenvalue weighted by Gasteiger charge is 1.93. The van der Waals surface area contributed by atoms with Gasteiger partial charge in [0.2, 0.25) is 5.91 Å². The fourth-order valence-electron chi connectivity index (χ4n) is 0.594. The molecule has 0 bridgehead atoms. The summed E-state index contributed by atoms with van der Waals surface area (Å²) in [5.41, 5.74) is 4.79. The van der Waals surface area contributed by atoms with Crippen LogP contribution in [-0.4, -0.2) is 11.0 Å². The van der Waals surface area contributed by atoms with Crippen molar-refractivity contribution in [1.82, 2.24) is 0 Å². The molecule has 0 aromatic heterocycles. The summed E-state index contributed by atoms with van der Waals surface area (Å²) < 4.78 is 0. The summed E-state index contributed by atoms with van der Waals surface area (Å²) in [6.45, 7) is 2.01. The van der Waals surface area contributed by atoms with E-state index in [1.165, 1.54) is 0 Å². The zero-order chi connectivity index (χ0) is 7.98. The first-order valence-corrected chi connectivity index (χ1v) is 3.35. The minimum Gasteiger partial charge on any atom is -0.512 e. The summed E-state index contributed by atoms with van der Waals surface area (Å²) in [5.74, 6) is -0.511. The molecule has 0 radical (unpaired) electrons. The van der Waals surface area contributed by atoms with Gasteiger partial charge in [-0.1, -0.05) is 13.3 Å². The maximum atomic E-state index is 10.2. The van der Waals surface area contributed by atoms with E-state index in [9.17, 15) is 4.79 Å². The number of nitrogens with two attached hydrogens (primary N) is 1. The number of aliphatic hydroxyl groups excluding tert-OH is 1. The largest absolute Gasteiger partial charge is 0.512 e. The van der Waals surface area contributed by atoms with Gasteiger partial charge in [0.15, 0.2) is 0 Å². The van der Waals surface area contributed by atoms with E-state index < -0.39 is 5.91 Å². The quantitative estimate of drug-likeness (QED) is 0.457. The van der Waals surface area contributed by atoms with E-state index in [0.29, 0.717) is 6.42 Å². The Morgan fingerprint density at radius 2 is 2.30 bits per heavy atom. The molecule has 0 heterocycles. The molecule has 0 aromatic rings. The highest BCUT2D eigenvalue weighted by Crippen LogP contribution is 2.02. The second-order valence-corrected chi connectivity index (χ2v) is 2.14. The molecule has 0 aliphatic carbocycles. The maximum Gasteiger partial charge on any atom is 0.244 e. The van der Waals surface area contributed by atoms with E-state index in [-0.39, 0.29) is 5.76 Å². The Morgan fingerprint density at radius 3 is 2.70 bits per heavy atom. The maximum absolute atomic E-state index is 10.2. The first kappa shape index (κ1) is 9.01. The smallest absolute Gasteiger partial charge is 0.244 e. The lowest BCUT2D eigenvalue weighted by molar-refractivity contribution is -0.113. The molecule has 3 nitrogen and oxygen atoms in total. The van der Waals surface area contributed by atoms with Crippen LogP contribution in [0.15, 0.2) is 11.8 Å². The Balaban J connectivity index is 3.60. The van der Waals surface area contributed by atoms with Crippen LogP contribution in [0.25, 0.3) is 0 Å². The summed E-state index contributed by atoms with van der Waals surface area (Å²) in [7, 11) is 0. The SMILES string of the molecule is CCCCC(O)=CC(N)=O. The Bertz CT molecular complexity index is 141. The van der Waals surface area contributed by atoms with Crippen LogP contribution in [0.2, 0.25) is 0 Å². The zero-order valence-electron chi connectivity index (χ0n) is 6.13. The third-order valence-corrected chi connectivity index (χ3v) is 1.10. The first-order chi connectivity index (χ1) is 4.66.